The van der Waals surface area contributed by atoms with E-state index in [1.165, 1.54) is 87.5 Å². The zero-order chi connectivity index (χ0) is 27.0. The highest BCUT2D eigenvalue weighted by atomic mass is 19.1. The maximum absolute atomic E-state index is 14.7. The third kappa shape index (κ3) is 10.2. The molecule has 0 nitrogen and oxygen atoms in total. The lowest BCUT2D eigenvalue weighted by Gasteiger charge is -2.02. The van der Waals surface area contributed by atoms with Gasteiger partial charge in [-0.15, -0.1) is 0 Å². The fourth-order valence-electron chi connectivity index (χ4n) is 4.42. The first kappa shape index (κ1) is 29.2. The zero-order valence-corrected chi connectivity index (χ0v) is 23.0. The molecule has 0 bridgehead atoms. The van der Waals surface area contributed by atoms with Gasteiger partial charge in [-0.25, -0.2) is 8.78 Å². The summed E-state index contributed by atoms with van der Waals surface area (Å²) in [6, 6.07) is 18.6. The van der Waals surface area contributed by atoms with E-state index in [1.807, 2.05) is 24.3 Å². The smallest absolute Gasteiger partial charge is 0.143 e. The number of hydrogen-bond acceptors (Lipinski definition) is 0. The second-order valence-electron chi connectivity index (χ2n) is 10.0. The normalized spacial score (nSPS) is 10.4. The molecule has 0 amide bonds. The molecule has 0 atom stereocenters. The van der Waals surface area contributed by atoms with Crippen LogP contribution in [0.15, 0.2) is 60.7 Å². The van der Waals surface area contributed by atoms with Crippen LogP contribution in [0, 0.1) is 35.3 Å². The first-order chi connectivity index (χ1) is 18.6. The van der Waals surface area contributed by atoms with Crippen LogP contribution in [0.4, 0.5) is 8.78 Å². The van der Waals surface area contributed by atoms with Crippen molar-refractivity contribution < 1.29 is 8.78 Å². The van der Waals surface area contributed by atoms with Gasteiger partial charge < -0.3 is 0 Å². The Morgan fingerprint density at radius 1 is 0.474 bits per heavy atom. The Morgan fingerprint density at radius 3 is 1.37 bits per heavy atom. The SMILES string of the molecule is CCCCCCCCc1ccc(C#Cc2c(F)cc(C#Cc3ccc(CCCCCC)cc3)cc2F)cc1. The minimum atomic E-state index is -0.691. The van der Waals surface area contributed by atoms with E-state index < -0.39 is 11.6 Å². The Morgan fingerprint density at radius 2 is 0.868 bits per heavy atom. The van der Waals surface area contributed by atoms with Gasteiger partial charge in [0.2, 0.25) is 0 Å². The van der Waals surface area contributed by atoms with Crippen LogP contribution in [0.2, 0.25) is 0 Å². The zero-order valence-electron chi connectivity index (χ0n) is 23.0. The monoisotopic (exact) mass is 510 g/mol. The second kappa shape index (κ2) is 16.5. The summed E-state index contributed by atoms with van der Waals surface area (Å²) in [5.74, 6) is 10.1. The van der Waals surface area contributed by atoms with E-state index in [2.05, 4.69) is 61.8 Å². The van der Waals surface area contributed by atoms with Crippen molar-refractivity contribution in [1.29, 1.82) is 0 Å². The third-order valence-corrected chi connectivity index (χ3v) is 6.77. The molecule has 3 aromatic carbocycles. The molecule has 0 aromatic heterocycles. The summed E-state index contributed by atoms with van der Waals surface area (Å²) in [7, 11) is 0. The summed E-state index contributed by atoms with van der Waals surface area (Å²) in [5.41, 5.74) is 4.21. The van der Waals surface area contributed by atoms with Gasteiger partial charge in [-0.1, -0.05) is 113 Å². The number of hydrogen-bond donors (Lipinski definition) is 0. The van der Waals surface area contributed by atoms with Gasteiger partial charge in [0.25, 0.3) is 0 Å². The van der Waals surface area contributed by atoms with Gasteiger partial charge in [-0.2, -0.15) is 0 Å². The summed E-state index contributed by atoms with van der Waals surface area (Å²) >= 11 is 0. The van der Waals surface area contributed by atoms with Gasteiger partial charge in [0.15, 0.2) is 0 Å². The van der Waals surface area contributed by atoms with E-state index in [4.69, 9.17) is 0 Å². The Hall–Kier alpha value is -3.36. The van der Waals surface area contributed by atoms with Crippen molar-refractivity contribution in [3.8, 4) is 23.7 Å². The summed E-state index contributed by atoms with van der Waals surface area (Å²) in [5, 5.41) is 0. The Kier molecular flexibility index (Phi) is 12.7. The van der Waals surface area contributed by atoms with Crippen molar-refractivity contribution in [2.45, 2.75) is 90.9 Å². The molecule has 0 N–H and O–H groups in total. The van der Waals surface area contributed by atoms with E-state index in [1.54, 1.807) is 0 Å². The van der Waals surface area contributed by atoms with Crippen LogP contribution in [-0.2, 0) is 12.8 Å². The summed E-state index contributed by atoms with van der Waals surface area (Å²) < 4.78 is 29.3. The van der Waals surface area contributed by atoms with Crippen LogP contribution >= 0.6 is 0 Å². The van der Waals surface area contributed by atoms with E-state index in [-0.39, 0.29) is 5.56 Å². The van der Waals surface area contributed by atoms with Gasteiger partial charge in [-0.3, -0.25) is 0 Å². The highest BCUT2D eigenvalue weighted by molar-refractivity contribution is 5.49. The van der Waals surface area contributed by atoms with Crippen LogP contribution in [0.1, 0.15) is 111 Å². The fourth-order valence-corrected chi connectivity index (χ4v) is 4.42. The van der Waals surface area contributed by atoms with Gasteiger partial charge in [-0.05, 0) is 73.2 Å². The molecular weight excluding hydrogens is 470 g/mol. The van der Waals surface area contributed by atoms with E-state index in [0.29, 0.717) is 5.56 Å². The molecule has 0 aliphatic carbocycles. The molecule has 0 saturated heterocycles. The van der Waals surface area contributed by atoms with Gasteiger partial charge in [0.05, 0.1) is 5.56 Å². The molecule has 0 radical (unpaired) electrons. The van der Waals surface area contributed by atoms with Gasteiger partial charge >= 0.3 is 0 Å². The standard InChI is InChI=1S/C36H40F2/c1-3-5-7-9-10-12-14-30-17-21-32(22-18-30)25-26-34-35(37)27-33(28-36(34)38)24-23-31-19-15-29(16-20-31)13-11-8-6-4-2/h15-22,27-28H,3-14H2,1-2H3. The lowest BCUT2D eigenvalue weighted by molar-refractivity contribution is 0.577. The van der Waals surface area contributed by atoms with Crippen molar-refractivity contribution in [2.75, 3.05) is 0 Å². The maximum atomic E-state index is 14.7. The van der Waals surface area contributed by atoms with Crippen LogP contribution in [0.3, 0.4) is 0 Å². The predicted octanol–water partition coefficient (Wildman–Crippen LogP) is 9.79. The van der Waals surface area contributed by atoms with E-state index in [0.717, 1.165) is 24.0 Å². The van der Waals surface area contributed by atoms with Crippen LogP contribution < -0.4 is 0 Å². The average molecular weight is 511 g/mol. The molecule has 198 valence electrons. The quantitative estimate of drug-likeness (QED) is 0.168. The van der Waals surface area contributed by atoms with Crippen molar-refractivity contribution in [2.24, 2.45) is 0 Å². The Bertz CT molecular complexity index is 1220. The van der Waals surface area contributed by atoms with Crippen LogP contribution in [-0.4, -0.2) is 0 Å². The minimum absolute atomic E-state index is 0.223. The average Bonchev–Trinajstić information content (AvgIpc) is 2.93. The highest BCUT2D eigenvalue weighted by Crippen LogP contribution is 2.16. The second-order valence-corrected chi connectivity index (χ2v) is 10.0. The van der Waals surface area contributed by atoms with Crippen molar-refractivity contribution >= 4 is 0 Å². The van der Waals surface area contributed by atoms with Crippen LogP contribution in [0.5, 0.6) is 0 Å². The van der Waals surface area contributed by atoms with Crippen molar-refractivity contribution in [1.82, 2.24) is 0 Å². The summed E-state index contributed by atoms with van der Waals surface area (Å²) in [6.45, 7) is 4.44. The van der Waals surface area contributed by atoms with Gasteiger partial charge in [0.1, 0.15) is 11.6 Å². The molecule has 0 unspecified atom stereocenters. The first-order valence-corrected chi connectivity index (χ1v) is 14.3. The molecule has 0 saturated carbocycles. The molecular formula is C36H40F2. The lowest BCUT2D eigenvalue weighted by atomic mass is 10.0. The van der Waals surface area contributed by atoms with Crippen molar-refractivity contribution in [3.05, 3.63) is 106 Å². The molecule has 0 aliphatic rings. The van der Waals surface area contributed by atoms with Gasteiger partial charge in [0, 0.05) is 16.7 Å². The minimum Gasteiger partial charge on any atom is -0.205 e. The van der Waals surface area contributed by atoms with Crippen molar-refractivity contribution in [3.63, 3.8) is 0 Å². The topological polar surface area (TPSA) is 0 Å². The van der Waals surface area contributed by atoms with Crippen LogP contribution in [0.25, 0.3) is 0 Å². The molecule has 0 heterocycles. The molecule has 3 aromatic rings. The molecule has 0 fully saturated rings. The molecule has 0 spiro atoms. The first-order valence-electron chi connectivity index (χ1n) is 14.3. The van der Waals surface area contributed by atoms with E-state index >= 15 is 0 Å². The molecule has 0 aliphatic heterocycles. The number of aryl methyl sites for hydroxylation is 2. The lowest BCUT2D eigenvalue weighted by Crippen LogP contribution is -1.93. The summed E-state index contributed by atoms with van der Waals surface area (Å²) in [6.07, 6.45) is 14.7. The largest absolute Gasteiger partial charge is 0.205 e. The Balaban J connectivity index is 1.57. The maximum Gasteiger partial charge on any atom is 0.143 e. The Labute approximate surface area is 228 Å². The molecule has 2 heteroatoms. The number of rotatable bonds is 12. The fraction of sp³-hybridized carbons (Fsp3) is 0.389. The third-order valence-electron chi connectivity index (χ3n) is 6.77. The highest BCUT2D eigenvalue weighted by Gasteiger charge is 2.08. The number of benzene rings is 3. The predicted molar refractivity (Wildman–Crippen MR) is 156 cm³/mol. The number of halogens is 2. The van der Waals surface area contributed by atoms with E-state index in [9.17, 15) is 8.78 Å². The number of unbranched alkanes of at least 4 members (excludes halogenated alkanes) is 8. The molecule has 38 heavy (non-hydrogen) atoms. The molecule has 3 rings (SSSR count). The summed E-state index contributed by atoms with van der Waals surface area (Å²) in [4.78, 5) is 0.